The van der Waals surface area contributed by atoms with Crippen molar-refractivity contribution in [1.29, 1.82) is 0 Å². The van der Waals surface area contributed by atoms with E-state index in [9.17, 15) is 0 Å². The molecule has 3 nitrogen and oxygen atoms in total. The Hall–Kier alpha value is -2.16. The summed E-state index contributed by atoms with van der Waals surface area (Å²) in [6, 6.07) is 7.89. The molecule has 1 aromatic heterocycles. The molecule has 1 aromatic carbocycles. The third kappa shape index (κ3) is 1.29. The van der Waals surface area contributed by atoms with Gasteiger partial charge in [0, 0.05) is 16.8 Å². The monoisotopic (exact) mass is 196 g/mol. The van der Waals surface area contributed by atoms with Gasteiger partial charge in [-0.3, -0.25) is 4.98 Å². The van der Waals surface area contributed by atoms with E-state index in [4.69, 9.17) is 4.84 Å². The van der Waals surface area contributed by atoms with Crippen molar-refractivity contribution in [2.75, 3.05) is 0 Å². The molecule has 0 fully saturated rings. The number of pyridine rings is 1. The van der Waals surface area contributed by atoms with Crippen LogP contribution in [0.2, 0.25) is 0 Å². The summed E-state index contributed by atoms with van der Waals surface area (Å²) < 4.78 is 0. The highest BCUT2D eigenvalue weighted by Crippen LogP contribution is 2.03. The number of fused-ring (bicyclic) bond motifs is 3. The molecule has 0 unspecified atom stereocenters. The Morgan fingerprint density at radius 3 is 3.13 bits per heavy atom. The largest absolute Gasteiger partial charge is 0.364 e. The summed E-state index contributed by atoms with van der Waals surface area (Å²) in [5.41, 5.74) is 0.953. The number of aromatic nitrogens is 1. The Bertz CT molecular complexity index is 659. The lowest BCUT2D eigenvalue weighted by Crippen LogP contribution is -2.25. The van der Waals surface area contributed by atoms with Gasteiger partial charge in [-0.15, -0.1) is 0 Å². The molecule has 72 valence electrons. The van der Waals surface area contributed by atoms with E-state index < -0.39 is 0 Å². The first-order chi connectivity index (χ1) is 7.45. The predicted molar refractivity (Wildman–Crippen MR) is 57.2 cm³/mol. The minimum atomic E-state index is 0.811. The Kier molecular flexibility index (Phi) is 1.75. The summed E-state index contributed by atoms with van der Waals surface area (Å²) in [5.74, 6) is 0. The van der Waals surface area contributed by atoms with Crippen LogP contribution in [0.25, 0.3) is 17.0 Å². The first-order valence-corrected chi connectivity index (χ1v) is 4.70. The molecule has 3 rings (SSSR count). The summed E-state index contributed by atoms with van der Waals surface area (Å²) in [6.45, 7) is 0. The standard InChI is InChI=1S/C12H8N2O/c1-3-9-5-6-11-10(12(9)13-7-1)4-2-8-15-14-11/h1-8H. The van der Waals surface area contributed by atoms with E-state index >= 15 is 0 Å². The minimum absolute atomic E-state index is 0.811. The Morgan fingerprint density at radius 1 is 1.13 bits per heavy atom. The lowest BCUT2D eigenvalue weighted by Gasteiger charge is -1.96. The maximum atomic E-state index is 4.96. The molecule has 2 aromatic rings. The van der Waals surface area contributed by atoms with Crippen LogP contribution in [0.5, 0.6) is 0 Å². The summed E-state index contributed by atoms with van der Waals surface area (Å²) in [5, 5.41) is 6.90. The smallest absolute Gasteiger partial charge is 0.122 e. The molecule has 0 N–H and O–H groups in total. The van der Waals surface area contributed by atoms with Crippen molar-refractivity contribution in [2.24, 2.45) is 5.16 Å². The molecule has 0 amide bonds. The minimum Gasteiger partial charge on any atom is -0.364 e. The Balaban J connectivity index is 2.58. The maximum absolute atomic E-state index is 4.96. The SMILES string of the molecule is C1=CON=c2ccc3cccnc3c2=C1. The van der Waals surface area contributed by atoms with E-state index in [1.165, 1.54) is 0 Å². The van der Waals surface area contributed by atoms with Gasteiger partial charge in [-0.05, 0) is 24.3 Å². The second-order valence-electron chi connectivity index (χ2n) is 3.27. The lowest BCUT2D eigenvalue weighted by molar-refractivity contribution is 0.254. The predicted octanol–water partition coefficient (Wildman–Crippen LogP) is 1.09. The van der Waals surface area contributed by atoms with E-state index in [0.29, 0.717) is 0 Å². The molecule has 1 aliphatic heterocycles. The van der Waals surface area contributed by atoms with Crippen LogP contribution in [0.15, 0.2) is 48.0 Å². The summed E-state index contributed by atoms with van der Waals surface area (Å²) in [4.78, 5) is 9.31. The van der Waals surface area contributed by atoms with Crippen LogP contribution in [0.4, 0.5) is 0 Å². The van der Waals surface area contributed by atoms with Gasteiger partial charge >= 0.3 is 0 Å². The van der Waals surface area contributed by atoms with Crippen LogP contribution in [-0.2, 0) is 4.84 Å². The number of rotatable bonds is 0. The van der Waals surface area contributed by atoms with E-state index in [-0.39, 0.29) is 0 Å². The van der Waals surface area contributed by atoms with Crippen LogP contribution in [0.1, 0.15) is 0 Å². The molecule has 2 heterocycles. The second-order valence-corrected chi connectivity index (χ2v) is 3.27. The topological polar surface area (TPSA) is 34.5 Å². The van der Waals surface area contributed by atoms with Crippen molar-refractivity contribution in [3.05, 3.63) is 53.4 Å². The van der Waals surface area contributed by atoms with Gasteiger partial charge in [0.05, 0.1) is 5.52 Å². The molecule has 15 heavy (non-hydrogen) atoms. The van der Waals surface area contributed by atoms with Crippen molar-refractivity contribution in [1.82, 2.24) is 4.98 Å². The normalized spacial score (nSPS) is 13.3. The molecule has 0 radical (unpaired) electrons. The fraction of sp³-hybridized carbons (Fsp3) is 0. The zero-order valence-corrected chi connectivity index (χ0v) is 7.92. The molecule has 0 atom stereocenters. The fourth-order valence-corrected chi connectivity index (χ4v) is 1.66. The van der Waals surface area contributed by atoms with Gasteiger partial charge in [0.1, 0.15) is 11.6 Å². The van der Waals surface area contributed by atoms with E-state index in [1.807, 2.05) is 36.4 Å². The van der Waals surface area contributed by atoms with Crippen LogP contribution in [0.3, 0.4) is 0 Å². The molecule has 0 aliphatic carbocycles. The Labute approximate surface area is 86.0 Å². The van der Waals surface area contributed by atoms with Crippen molar-refractivity contribution in [2.45, 2.75) is 0 Å². The maximum Gasteiger partial charge on any atom is 0.122 e. The third-order valence-electron chi connectivity index (χ3n) is 2.34. The average molecular weight is 196 g/mol. The quantitative estimate of drug-likeness (QED) is 0.632. The van der Waals surface area contributed by atoms with Gasteiger partial charge in [0.15, 0.2) is 0 Å². The number of allylic oxidation sites excluding steroid dienone is 1. The number of nitrogens with zero attached hydrogens (tertiary/aromatic N) is 2. The first kappa shape index (κ1) is 8.17. The molecule has 3 heteroatoms. The van der Waals surface area contributed by atoms with Crippen LogP contribution < -0.4 is 10.6 Å². The molecule has 0 saturated carbocycles. The van der Waals surface area contributed by atoms with Crippen molar-refractivity contribution in [3.63, 3.8) is 0 Å². The highest BCUT2D eigenvalue weighted by molar-refractivity contribution is 5.79. The lowest BCUT2D eigenvalue weighted by atomic mass is 10.1. The van der Waals surface area contributed by atoms with Crippen LogP contribution >= 0.6 is 0 Å². The Morgan fingerprint density at radius 2 is 2.13 bits per heavy atom. The number of hydrogen-bond acceptors (Lipinski definition) is 3. The molecule has 0 saturated heterocycles. The van der Waals surface area contributed by atoms with E-state index in [1.54, 1.807) is 12.5 Å². The van der Waals surface area contributed by atoms with Gasteiger partial charge in [0.25, 0.3) is 0 Å². The highest BCUT2D eigenvalue weighted by Gasteiger charge is 1.98. The molecule has 0 spiro atoms. The zero-order chi connectivity index (χ0) is 10.1. The van der Waals surface area contributed by atoms with E-state index in [2.05, 4.69) is 10.1 Å². The van der Waals surface area contributed by atoms with E-state index in [0.717, 1.165) is 21.5 Å². The van der Waals surface area contributed by atoms with Crippen molar-refractivity contribution < 1.29 is 4.84 Å². The van der Waals surface area contributed by atoms with Gasteiger partial charge in [-0.2, -0.15) is 0 Å². The van der Waals surface area contributed by atoms with Crippen molar-refractivity contribution in [3.8, 4) is 0 Å². The summed E-state index contributed by atoms with van der Waals surface area (Å²) in [7, 11) is 0. The average Bonchev–Trinajstić information content (AvgIpc) is 2.54. The summed E-state index contributed by atoms with van der Waals surface area (Å²) >= 11 is 0. The van der Waals surface area contributed by atoms with Gasteiger partial charge in [0.2, 0.25) is 0 Å². The third-order valence-corrected chi connectivity index (χ3v) is 2.34. The van der Waals surface area contributed by atoms with Gasteiger partial charge in [-0.1, -0.05) is 17.3 Å². The van der Waals surface area contributed by atoms with Crippen molar-refractivity contribution >= 4 is 17.0 Å². The van der Waals surface area contributed by atoms with Gasteiger partial charge in [-0.25, -0.2) is 0 Å². The molecular formula is C12H8N2O. The summed E-state index contributed by atoms with van der Waals surface area (Å²) in [6.07, 6.45) is 7.12. The van der Waals surface area contributed by atoms with Crippen LogP contribution in [0, 0.1) is 0 Å². The highest BCUT2D eigenvalue weighted by atomic mass is 16.6. The van der Waals surface area contributed by atoms with Crippen LogP contribution in [-0.4, -0.2) is 4.98 Å². The second kappa shape index (κ2) is 3.20. The number of hydrogen-bond donors (Lipinski definition) is 0. The van der Waals surface area contributed by atoms with Gasteiger partial charge < -0.3 is 4.84 Å². The zero-order valence-electron chi connectivity index (χ0n) is 7.92. The molecular weight excluding hydrogens is 188 g/mol. The number of benzene rings is 1. The first-order valence-electron chi connectivity index (χ1n) is 4.70. The fourth-order valence-electron chi connectivity index (χ4n) is 1.66. The molecule has 1 aliphatic rings. The molecule has 0 bridgehead atoms.